The van der Waals surface area contributed by atoms with Gasteiger partial charge in [0.05, 0.1) is 11.7 Å². The monoisotopic (exact) mass is 534 g/mol. The third-order valence-electron chi connectivity index (χ3n) is 8.32. The first-order valence-electron chi connectivity index (χ1n) is 13.4. The van der Waals surface area contributed by atoms with E-state index in [0.717, 1.165) is 34.5 Å². The van der Waals surface area contributed by atoms with E-state index in [2.05, 4.69) is 15.4 Å². The van der Waals surface area contributed by atoms with E-state index in [1.807, 2.05) is 0 Å². The van der Waals surface area contributed by atoms with Gasteiger partial charge in [-0.1, -0.05) is 18.9 Å². The van der Waals surface area contributed by atoms with E-state index < -0.39 is 23.4 Å². The van der Waals surface area contributed by atoms with Crippen molar-refractivity contribution in [3.8, 4) is 0 Å². The number of hydrogen-bond donors (Lipinski definition) is 1. The largest absolute Gasteiger partial charge is 0.419 e. The molecule has 10 nitrogen and oxygen atoms in total. The van der Waals surface area contributed by atoms with Gasteiger partial charge in [-0.25, -0.2) is 18.7 Å². The fraction of sp³-hybridized carbons (Fsp3) is 0.464. The highest BCUT2D eigenvalue weighted by molar-refractivity contribution is 5.98. The number of hydrogen-bond acceptors (Lipinski definition) is 6. The third kappa shape index (κ3) is 4.81. The van der Waals surface area contributed by atoms with Crippen molar-refractivity contribution in [3.05, 3.63) is 63.8 Å². The van der Waals surface area contributed by atoms with Crippen molar-refractivity contribution in [1.82, 2.24) is 29.4 Å². The van der Waals surface area contributed by atoms with Gasteiger partial charge < -0.3 is 14.6 Å². The summed E-state index contributed by atoms with van der Waals surface area (Å²) in [5.41, 5.74) is 1.64. The number of halogens is 1. The molecule has 3 heterocycles. The van der Waals surface area contributed by atoms with Crippen LogP contribution >= 0.6 is 0 Å². The van der Waals surface area contributed by atoms with E-state index in [1.165, 1.54) is 47.6 Å². The van der Waals surface area contributed by atoms with E-state index in [4.69, 9.17) is 4.42 Å². The van der Waals surface area contributed by atoms with Crippen molar-refractivity contribution in [1.29, 1.82) is 0 Å². The zero-order valence-electron chi connectivity index (χ0n) is 22.0. The molecule has 2 aliphatic carbocycles. The van der Waals surface area contributed by atoms with Crippen molar-refractivity contribution in [2.24, 2.45) is 24.8 Å². The molecule has 204 valence electrons. The van der Waals surface area contributed by atoms with Gasteiger partial charge in [0.25, 0.3) is 11.8 Å². The highest BCUT2D eigenvalue weighted by atomic mass is 19.1. The van der Waals surface area contributed by atoms with E-state index in [9.17, 15) is 18.8 Å². The van der Waals surface area contributed by atoms with E-state index in [0.29, 0.717) is 23.6 Å². The number of rotatable bonds is 7. The van der Waals surface area contributed by atoms with Gasteiger partial charge in [-0.3, -0.25) is 14.2 Å². The zero-order valence-corrected chi connectivity index (χ0v) is 22.0. The van der Waals surface area contributed by atoms with E-state index in [1.54, 1.807) is 32.3 Å². The topological polar surface area (TPSA) is 115 Å². The van der Waals surface area contributed by atoms with Crippen LogP contribution in [0.3, 0.4) is 0 Å². The van der Waals surface area contributed by atoms with Gasteiger partial charge in [-0.2, -0.15) is 5.10 Å². The number of nitrogens with one attached hydrogen (secondary N) is 1. The van der Waals surface area contributed by atoms with Crippen LogP contribution < -0.4 is 11.1 Å². The van der Waals surface area contributed by atoms with Gasteiger partial charge in [-0.05, 0) is 61.1 Å². The Labute approximate surface area is 223 Å². The van der Waals surface area contributed by atoms with Crippen molar-refractivity contribution >= 4 is 28.6 Å². The molecule has 2 saturated carbocycles. The number of nitrogens with zero attached hydrogens (tertiary/aromatic N) is 5. The smallest absolute Gasteiger partial charge is 0.408 e. The molecule has 2 unspecified atom stereocenters. The van der Waals surface area contributed by atoms with E-state index >= 15 is 0 Å². The van der Waals surface area contributed by atoms with Gasteiger partial charge in [0, 0.05) is 33.3 Å². The molecule has 1 N–H and O–H groups in total. The van der Waals surface area contributed by atoms with Gasteiger partial charge in [0.1, 0.15) is 11.4 Å². The summed E-state index contributed by atoms with van der Waals surface area (Å²) in [6.45, 7) is 0.715. The van der Waals surface area contributed by atoms with E-state index in [-0.39, 0.29) is 23.6 Å². The molecule has 2 bridgehead atoms. The average Bonchev–Trinajstić information content (AvgIpc) is 3.57. The minimum Gasteiger partial charge on any atom is -0.408 e. The van der Waals surface area contributed by atoms with Gasteiger partial charge in [-0.15, -0.1) is 0 Å². The summed E-state index contributed by atoms with van der Waals surface area (Å²) in [5.74, 6) is 0.184. The summed E-state index contributed by atoms with van der Waals surface area (Å²) in [4.78, 5) is 43.9. The number of carbonyl (C=O) groups is 2. The first-order valence-corrected chi connectivity index (χ1v) is 13.4. The summed E-state index contributed by atoms with van der Waals surface area (Å²) < 4.78 is 22.2. The highest BCUT2D eigenvalue weighted by Crippen LogP contribution is 2.45. The molecule has 3 aromatic heterocycles. The van der Waals surface area contributed by atoms with Crippen molar-refractivity contribution in [3.63, 3.8) is 0 Å². The first-order chi connectivity index (χ1) is 18.8. The Morgan fingerprint density at radius 1 is 1.18 bits per heavy atom. The summed E-state index contributed by atoms with van der Waals surface area (Å²) >= 11 is 0. The van der Waals surface area contributed by atoms with Crippen LogP contribution in [0, 0.1) is 23.6 Å². The lowest BCUT2D eigenvalue weighted by Gasteiger charge is -2.27. The Morgan fingerprint density at radius 2 is 1.95 bits per heavy atom. The van der Waals surface area contributed by atoms with Crippen LogP contribution in [0.1, 0.15) is 65.1 Å². The normalized spacial score (nSPS) is 20.5. The second-order valence-corrected chi connectivity index (χ2v) is 11.1. The molecule has 6 rings (SSSR count). The second-order valence-electron chi connectivity index (χ2n) is 11.1. The number of aryl methyl sites for hydroxylation is 1. The molecule has 1 aromatic carbocycles. The number of amides is 2. The Morgan fingerprint density at radius 3 is 2.72 bits per heavy atom. The van der Waals surface area contributed by atoms with Crippen LogP contribution in [0.15, 0.2) is 39.7 Å². The molecule has 2 aliphatic rings. The molecule has 0 saturated heterocycles. The predicted octanol–water partition coefficient (Wildman–Crippen LogP) is 3.53. The maximum Gasteiger partial charge on any atom is 0.419 e. The Bertz CT molecular complexity index is 1630. The van der Waals surface area contributed by atoms with Crippen molar-refractivity contribution in [2.45, 2.75) is 45.1 Å². The van der Waals surface area contributed by atoms with Gasteiger partial charge in [0.2, 0.25) is 0 Å². The molecular weight excluding hydrogens is 503 g/mol. The van der Waals surface area contributed by atoms with Crippen LogP contribution in [0.2, 0.25) is 0 Å². The SMILES string of the molecule is CN(Cc1ccc2oc(=O)n(C)c2c1)C(=O)c1cc(C(=O)NCCC2CC3CCC(C2)C3)n2ncc(F)c2n1. The fourth-order valence-electron chi connectivity index (χ4n) is 6.38. The third-order valence-corrected chi connectivity index (χ3v) is 8.32. The Balaban J connectivity index is 1.18. The molecular formula is C28H31FN6O4. The molecule has 11 heteroatoms. The van der Waals surface area contributed by atoms with Crippen LogP contribution in [0.4, 0.5) is 4.39 Å². The molecule has 4 aromatic rings. The fourth-order valence-corrected chi connectivity index (χ4v) is 6.38. The van der Waals surface area contributed by atoms with Crippen molar-refractivity contribution in [2.75, 3.05) is 13.6 Å². The summed E-state index contributed by atoms with van der Waals surface area (Å²) in [6.07, 6.45) is 8.36. The molecule has 39 heavy (non-hydrogen) atoms. The molecule has 0 aliphatic heterocycles. The number of aromatic nitrogens is 4. The molecule has 2 fully saturated rings. The minimum atomic E-state index is -0.717. The average molecular weight is 535 g/mol. The van der Waals surface area contributed by atoms with Gasteiger partial charge in [0.15, 0.2) is 17.0 Å². The molecule has 0 spiro atoms. The first kappa shape index (κ1) is 25.3. The minimum absolute atomic E-state index is 0.0548. The molecule has 0 radical (unpaired) electrons. The van der Waals surface area contributed by atoms with Crippen LogP contribution in [0.25, 0.3) is 16.7 Å². The number of carbonyl (C=O) groups excluding carboxylic acids is 2. The van der Waals surface area contributed by atoms with Crippen LogP contribution in [-0.4, -0.2) is 49.5 Å². The Kier molecular flexibility index (Phi) is 6.44. The lowest BCUT2D eigenvalue weighted by Crippen LogP contribution is -2.31. The summed E-state index contributed by atoms with van der Waals surface area (Å²) in [6, 6.07) is 6.57. The number of fused-ring (bicyclic) bond motifs is 4. The zero-order chi connectivity index (χ0) is 27.3. The molecule has 2 amide bonds. The number of oxazole rings is 1. The number of benzene rings is 1. The lowest BCUT2D eigenvalue weighted by atomic mass is 9.79. The predicted molar refractivity (Wildman–Crippen MR) is 141 cm³/mol. The molecule has 2 atom stereocenters. The Hall–Kier alpha value is -4.02. The standard InChI is InChI=1S/C28H31FN6O4/c1-33(15-19-5-6-24-22(12-19)34(2)28(38)39-24)27(37)21-13-23(35-25(32-21)20(29)14-31-35)26(36)30-8-7-18-10-16-3-4-17(9-16)11-18/h5-6,12-14,16-18H,3-4,7-11,15H2,1-2H3,(H,30,36). The maximum atomic E-state index is 14.5. The maximum absolute atomic E-state index is 14.5. The van der Waals surface area contributed by atoms with Gasteiger partial charge >= 0.3 is 5.76 Å². The quantitative estimate of drug-likeness (QED) is 0.388. The highest BCUT2D eigenvalue weighted by Gasteiger charge is 2.33. The lowest BCUT2D eigenvalue weighted by molar-refractivity contribution is 0.0779. The second kappa shape index (κ2) is 9.94. The van der Waals surface area contributed by atoms with Crippen LogP contribution in [0.5, 0.6) is 0 Å². The van der Waals surface area contributed by atoms with Crippen LogP contribution in [-0.2, 0) is 13.6 Å². The summed E-state index contributed by atoms with van der Waals surface area (Å²) in [5, 5.41) is 6.92. The summed E-state index contributed by atoms with van der Waals surface area (Å²) in [7, 11) is 3.20. The van der Waals surface area contributed by atoms with Crippen molar-refractivity contribution < 1.29 is 18.4 Å².